The predicted molar refractivity (Wildman–Crippen MR) is 238 cm³/mol. The lowest BCUT2D eigenvalue weighted by atomic mass is 9.94. The Balaban J connectivity index is 1.33. The van der Waals surface area contributed by atoms with Gasteiger partial charge >= 0.3 is 17.9 Å². The summed E-state index contributed by atoms with van der Waals surface area (Å²) < 4.78 is 56.4. The third-order valence-corrected chi connectivity index (χ3v) is 11.8. The SMILES string of the molecule is COC(=O)[C@H]1O[C@](O)(Sc2ccccc2)[C@H](OC(=O)c2ccccc2)[C@@H](OCc2ccccc2)[C@@H]1O[C@H]1O[C@H](COC(C)=O)[C@@H](OCc2ccccc2)[C@H](OCc2ccccc2)[C@H]1N=[N+]=[N-]. The maximum atomic E-state index is 14.0. The summed E-state index contributed by atoms with van der Waals surface area (Å²) >= 11 is 0.774. The second-order valence-electron chi connectivity index (χ2n) is 15.2. The molecule has 2 saturated heterocycles. The molecule has 10 atom stereocenters. The molecular weight excluding hydrogens is 871 g/mol. The Bertz CT molecular complexity index is 2370. The second kappa shape index (κ2) is 23.4. The topological polar surface area (TPSA) is 203 Å². The van der Waals surface area contributed by atoms with E-state index in [1.165, 1.54) is 19.1 Å². The van der Waals surface area contributed by atoms with E-state index in [-0.39, 0.29) is 32.0 Å². The minimum absolute atomic E-state index is 0.0164. The Morgan fingerprint density at radius 3 is 1.73 bits per heavy atom. The molecule has 0 aliphatic carbocycles. The van der Waals surface area contributed by atoms with Crippen molar-refractivity contribution in [1.82, 2.24) is 0 Å². The Hall–Kier alpha value is -6.11. The maximum absolute atomic E-state index is 14.0. The van der Waals surface area contributed by atoms with Crippen molar-refractivity contribution in [2.45, 2.75) is 91.8 Å². The first kappa shape index (κ1) is 47.8. The van der Waals surface area contributed by atoms with Crippen LogP contribution in [0.25, 0.3) is 10.4 Å². The molecule has 5 aromatic carbocycles. The van der Waals surface area contributed by atoms with Crippen LogP contribution in [0.1, 0.15) is 34.0 Å². The molecule has 5 aromatic rings. The number of esters is 3. The standard InChI is InChI=1S/C49H49N3O13S/c1-32(53)58-31-38-40(59-28-33-18-8-3-9-19-33)41(60-29-34-20-10-4-11-21-34)39(51-52-50)48(62-38)63-42-43(61-30-35-22-12-5-13-23-35)45(64-46(54)36-24-14-6-15-25-36)49(56,65-44(42)47(55)57-2)66-37-26-16-7-17-27-37/h3-27,38-45,48,56H,28-31H2,1-2H3/t38-,39-,40-,41-,42+,43+,44+,45-,48-,49+/m1/s1. The average Bonchev–Trinajstić information content (AvgIpc) is 3.34. The molecule has 2 aliphatic rings. The first-order valence-corrected chi connectivity index (χ1v) is 21.9. The fourth-order valence-corrected chi connectivity index (χ4v) is 8.58. The molecule has 16 nitrogen and oxygen atoms in total. The van der Waals surface area contributed by atoms with Gasteiger partial charge in [0, 0.05) is 16.7 Å². The minimum atomic E-state index is -2.53. The predicted octanol–water partition coefficient (Wildman–Crippen LogP) is 7.33. The summed E-state index contributed by atoms with van der Waals surface area (Å²) in [6.07, 6.45) is -11.7. The van der Waals surface area contributed by atoms with E-state index >= 15 is 0 Å². The number of nitrogens with zero attached hydrogens (tertiary/aromatic N) is 3. The van der Waals surface area contributed by atoms with Gasteiger partial charge in [-0.05, 0) is 46.5 Å². The number of thioether (sulfide) groups is 1. The van der Waals surface area contributed by atoms with Gasteiger partial charge in [0.25, 0.3) is 5.12 Å². The van der Waals surface area contributed by atoms with Crippen LogP contribution in [0.5, 0.6) is 0 Å². The molecule has 0 unspecified atom stereocenters. The van der Waals surface area contributed by atoms with Gasteiger partial charge in [-0.2, -0.15) is 0 Å². The third kappa shape index (κ3) is 12.4. The Kier molecular flexibility index (Phi) is 16.9. The van der Waals surface area contributed by atoms with Crippen molar-refractivity contribution < 1.29 is 62.1 Å². The van der Waals surface area contributed by atoms with Crippen LogP contribution in [-0.2, 0) is 72.0 Å². The molecular formula is C49H49N3O13S. The number of ether oxygens (including phenoxy) is 9. The van der Waals surface area contributed by atoms with Crippen LogP contribution in [-0.4, -0.2) is 96.9 Å². The zero-order chi connectivity index (χ0) is 46.3. The number of methoxy groups -OCH3 is 1. The van der Waals surface area contributed by atoms with Crippen LogP contribution in [0.15, 0.2) is 162 Å². The molecule has 344 valence electrons. The molecule has 2 heterocycles. The van der Waals surface area contributed by atoms with E-state index in [9.17, 15) is 25.0 Å². The summed E-state index contributed by atoms with van der Waals surface area (Å²) in [4.78, 5) is 44.1. The lowest BCUT2D eigenvalue weighted by molar-refractivity contribution is -0.351. The maximum Gasteiger partial charge on any atom is 0.338 e. The Morgan fingerprint density at radius 2 is 1.21 bits per heavy atom. The Morgan fingerprint density at radius 1 is 0.712 bits per heavy atom. The molecule has 0 amide bonds. The van der Waals surface area contributed by atoms with Gasteiger partial charge in [0.2, 0.25) is 0 Å². The van der Waals surface area contributed by atoms with Crippen molar-refractivity contribution in [1.29, 1.82) is 0 Å². The van der Waals surface area contributed by atoms with E-state index < -0.39 is 78.1 Å². The number of rotatable bonds is 19. The highest BCUT2D eigenvalue weighted by molar-refractivity contribution is 8.00. The molecule has 1 N–H and O–H groups in total. The van der Waals surface area contributed by atoms with Crippen LogP contribution in [0.2, 0.25) is 0 Å². The summed E-state index contributed by atoms with van der Waals surface area (Å²) in [6.45, 7) is 0.825. The normalized spacial score (nSPS) is 26.0. The summed E-state index contributed by atoms with van der Waals surface area (Å²) in [5.41, 5.74) is 12.6. The zero-order valence-electron chi connectivity index (χ0n) is 36.1. The molecule has 0 spiro atoms. The van der Waals surface area contributed by atoms with E-state index in [1.807, 2.05) is 66.7 Å². The van der Waals surface area contributed by atoms with Gasteiger partial charge in [0.1, 0.15) is 43.2 Å². The van der Waals surface area contributed by atoms with Gasteiger partial charge in [-0.1, -0.05) is 144 Å². The molecule has 0 bridgehead atoms. The highest BCUT2D eigenvalue weighted by Crippen LogP contribution is 2.46. The molecule has 17 heteroatoms. The molecule has 66 heavy (non-hydrogen) atoms. The van der Waals surface area contributed by atoms with Gasteiger partial charge in [0.05, 0.1) is 32.5 Å². The van der Waals surface area contributed by atoms with E-state index in [4.69, 9.17) is 42.6 Å². The van der Waals surface area contributed by atoms with Crippen LogP contribution >= 0.6 is 11.8 Å². The molecule has 7 rings (SSSR count). The average molecular weight is 920 g/mol. The van der Waals surface area contributed by atoms with Gasteiger partial charge < -0.3 is 47.7 Å². The summed E-state index contributed by atoms with van der Waals surface area (Å²) in [7, 11) is 1.13. The van der Waals surface area contributed by atoms with Crippen molar-refractivity contribution in [3.05, 3.63) is 184 Å². The molecule has 0 radical (unpaired) electrons. The molecule has 2 fully saturated rings. The van der Waals surface area contributed by atoms with Crippen molar-refractivity contribution in [2.24, 2.45) is 5.11 Å². The van der Waals surface area contributed by atoms with Crippen molar-refractivity contribution in [3.8, 4) is 0 Å². The first-order chi connectivity index (χ1) is 32.2. The van der Waals surface area contributed by atoms with Gasteiger partial charge in [0.15, 0.2) is 18.5 Å². The van der Waals surface area contributed by atoms with E-state index in [0.29, 0.717) is 10.5 Å². The number of azide groups is 1. The second-order valence-corrected chi connectivity index (χ2v) is 16.5. The number of hydrogen-bond donors (Lipinski definition) is 1. The smallest absolute Gasteiger partial charge is 0.338 e. The summed E-state index contributed by atoms with van der Waals surface area (Å²) in [5, 5.41) is 14.3. The molecule has 2 aliphatic heterocycles. The minimum Gasteiger partial charge on any atom is -0.467 e. The zero-order valence-corrected chi connectivity index (χ0v) is 36.9. The van der Waals surface area contributed by atoms with Gasteiger partial charge in [-0.25, -0.2) is 9.59 Å². The molecule has 0 aromatic heterocycles. The highest BCUT2D eigenvalue weighted by Gasteiger charge is 2.62. The number of carbonyl (C=O) groups is 3. The monoisotopic (exact) mass is 919 g/mol. The van der Waals surface area contributed by atoms with Crippen LogP contribution < -0.4 is 0 Å². The quantitative estimate of drug-likeness (QED) is 0.0215. The van der Waals surface area contributed by atoms with E-state index in [0.717, 1.165) is 30.0 Å². The van der Waals surface area contributed by atoms with Crippen LogP contribution in [0, 0.1) is 0 Å². The Labute approximate surface area is 385 Å². The number of carbonyl (C=O) groups excluding carboxylic acids is 3. The van der Waals surface area contributed by atoms with E-state index in [2.05, 4.69) is 10.0 Å². The van der Waals surface area contributed by atoms with Gasteiger partial charge in [-0.15, -0.1) is 0 Å². The largest absolute Gasteiger partial charge is 0.467 e. The fourth-order valence-electron chi connectivity index (χ4n) is 7.50. The first-order valence-electron chi connectivity index (χ1n) is 21.1. The number of hydrogen-bond acceptors (Lipinski definition) is 15. The number of aliphatic hydroxyl groups is 1. The summed E-state index contributed by atoms with van der Waals surface area (Å²) in [6, 6.07) is 43.0. The van der Waals surface area contributed by atoms with E-state index in [1.54, 1.807) is 72.8 Å². The number of benzene rings is 5. The lowest BCUT2D eigenvalue weighted by Gasteiger charge is -2.50. The van der Waals surface area contributed by atoms with Crippen molar-refractivity contribution in [2.75, 3.05) is 13.7 Å². The summed E-state index contributed by atoms with van der Waals surface area (Å²) in [5.74, 6) is -2.47. The van der Waals surface area contributed by atoms with Gasteiger partial charge in [-0.3, -0.25) is 4.79 Å². The molecule has 0 saturated carbocycles. The lowest BCUT2D eigenvalue weighted by Crippen LogP contribution is -2.69. The van der Waals surface area contributed by atoms with Crippen LogP contribution in [0.3, 0.4) is 0 Å². The highest BCUT2D eigenvalue weighted by atomic mass is 32.2. The van der Waals surface area contributed by atoms with Crippen LogP contribution in [0.4, 0.5) is 0 Å². The van der Waals surface area contributed by atoms with Crippen molar-refractivity contribution in [3.63, 3.8) is 0 Å². The third-order valence-electron chi connectivity index (χ3n) is 10.7. The fraction of sp³-hybridized carbons (Fsp3) is 0.327. The van der Waals surface area contributed by atoms with Crippen molar-refractivity contribution >= 4 is 29.7 Å².